The Morgan fingerprint density at radius 1 is 1.50 bits per heavy atom. The van der Waals surface area contributed by atoms with Crippen molar-refractivity contribution in [3.63, 3.8) is 0 Å². The summed E-state index contributed by atoms with van der Waals surface area (Å²) in [6.45, 7) is 1.30. The number of ether oxygens (including phenoxy) is 1. The summed E-state index contributed by atoms with van der Waals surface area (Å²) >= 11 is 1.62. The minimum absolute atomic E-state index is 0.0993. The maximum absolute atomic E-state index is 12.1. The molecular weight excluding hydrogens is 300 g/mol. The van der Waals surface area contributed by atoms with Gasteiger partial charge in [-0.15, -0.1) is 21.5 Å². The van der Waals surface area contributed by atoms with E-state index in [1.54, 1.807) is 18.4 Å². The zero-order chi connectivity index (χ0) is 15.4. The first-order valence-corrected chi connectivity index (χ1v) is 8.36. The number of thiophene rings is 1. The number of methoxy groups -OCH3 is 1. The Balaban J connectivity index is 1.56. The number of fused-ring (bicyclic) bond motifs is 1. The molecule has 0 fully saturated rings. The van der Waals surface area contributed by atoms with Crippen LogP contribution in [0.2, 0.25) is 0 Å². The lowest BCUT2D eigenvalue weighted by Crippen LogP contribution is -2.36. The summed E-state index contributed by atoms with van der Waals surface area (Å²) in [5.41, 5.74) is 0. The molecule has 22 heavy (non-hydrogen) atoms. The molecule has 0 saturated heterocycles. The number of nitrogens with one attached hydrogen (secondary N) is 1. The first-order valence-electron chi connectivity index (χ1n) is 7.48. The lowest BCUT2D eigenvalue weighted by molar-refractivity contribution is -0.121. The number of carbonyl (C=O) groups excluding carboxylic acids is 1. The highest BCUT2D eigenvalue weighted by atomic mass is 32.1. The van der Waals surface area contributed by atoms with Crippen LogP contribution in [0.25, 0.3) is 0 Å². The third kappa shape index (κ3) is 3.53. The molecule has 6 nitrogen and oxygen atoms in total. The zero-order valence-corrected chi connectivity index (χ0v) is 13.4. The van der Waals surface area contributed by atoms with Crippen molar-refractivity contribution in [1.29, 1.82) is 0 Å². The fourth-order valence-electron chi connectivity index (χ4n) is 2.78. The van der Waals surface area contributed by atoms with Crippen molar-refractivity contribution in [2.75, 3.05) is 7.11 Å². The maximum atomic E-state index is 12.1. The van der Waals surface area contributed by atoms with Crippen LogP contribution in [0, 0.1) is 0 Å². The average Bonchev–Trinajstić information content (AvgIpc) is 3.08. The molecule has 2 aromatic heterocycles. The van der Waals surface area contributed by atoms with E-state index < -0.39 is 0 Å². The van der Waals surface area contributed by atoms with Gasteiger partial charge in [0.1, 0.15) is 12.4 Å². The SMILES string of the molecule is COCc1nnc2n1CCC(NC(=O)Cc1cccs1)CC2. The summed E-state index contributed by atoms with van der Waals surface area (Å²) in [6.07, 6.45) is 3.11. The van der Waals surface area contributed by atoms with Gasteiger partial charge in [-0.05, 0) is 24.3 Å². The summed E-state index contributed by atoms with van der Waals surface area (Å²) in [7, 11) is 1.66. The van der Waals surface area contributed by atoms with E-state index in [0.717, 1.165) is 42.3 Å². The van der Waals surface area contributed by atoms with Gasteiger partial charge in [0.2, 0.25) is 5.91 Å². The van der Waals surface area contributed by atoms with Gasteiger partial charge in [0, 0.05) is 31.0 Å². The lowest BCUT2D eigenvalue weighted by Gasteiger charge is -2.16. The molecule has 1 N–H and O–H groups in total. The van der Waals surface area contributed by atoms with Crippen molar-refractivity contribution in [2.24, 2.45) is 0 Å². The molecule has 1 atom stereocenters. The molecule has 0 saturated carbocycles. The van der Waals surface area contributed by atoms with Gasteiger partial charge in [0.15, 0.2) is 5.82 Å². The average molecular weight is 320 g/mol. The topological polar surface area (TPSA) is 69.0 Å². The Hall–Kier alpha value is -1.73. The molecule has 3 heterocycles. The maximum Gasteiger partial charge on any atom is 0.225 e. The number of nitrogens with zero attached hydrogens (tertiary/aromatic N) is 3. The Kier molecular flexibility index (Phi) is 4.84. The largest absolute Gasteiger partial charge is 0.377 e. The first kappa shape index (κ1) is 15.2. The lowest BCUT2D eigenvalue weighted by atomic mass is 10.1. The Morgan fingerprint density at radius 2 is 2.41 bits per heavy atom. The molecule has 0 bridgehead atoms. The number of hydrogen-bond acceptors (Lipinski definition) is 5. The minimum atomic E-state index is 0.0993. The van der Waals surface area contributed by atoms with E-state index in [2.05, 4.69) is 20.1 Å². The number of hydrogen-bond donors (Lipinski definition) is 1. The number of aromatic nitrogens is 3. The Labute approximate surface area is 133 Å². The van der Waals surface area contributed by atoms with Crippen molar-refractivity contribution < 1.29 is 9.53 Å². The van der Waals surface area contributed by atoms with E-state index in [4.69, 9.17) is 4.74 Å². The van der Waals surface area contributed by atoms with Crippen molar-refractivity contribution in [3.8, 4) is 0 Å². The molecule has 1 amide bonds. The summed E-state index contributed by atoms with van der Waals surface area (Å²) in [5.74, 6) is 1.95. The Bertz CT molecular complexity index is 624. The smallest absolute Gasteiger partial charge is 0.225 e. The van der Waals surface area contributed by atoms with Crippen LogP contribution in [-0.4, -0.2) is 33.8 Å². The van der Waals surface area contributed by atoms with Crippen molar-refractivity contribution in [3.05, 3.63) is 34.0 Å². The fraction of sp³-hybridized carbons (Fsp3) is 0.533. The van der Waals surface area contributed by atoms with Gasteiger partial charge in [-0.2, -0.15) is 0 Å². The van der Waals surface area contributed by atoms with Gasteiger partial charge in [0.25, 0.3) is 0 Å². The highest BCUT2D eigenvalue weighted by Crippen LogP contribution is 2.16. The predicted octanol–water partition coefficient (Wildman–Crippen LogP) is 1.55. The van der Waals surface area contributed by atoms with Gasteiger partial charge in [-0.25, -0.2) is 0 Å². The zero-order valence-electron chi connectivity index (χ0n) is 12.6. The van der Waals surface area contributed by atoms with E-state index >= 15 is 0 Å². The van der Waals surface area contributed by atoms with Crippen molar-refractivity contribution in [2.45, 2.75) is 44.9 Å². The van der Waals surface area contributed by atoms with Crippen LogP contribution in [0.15, 0.2) is 17.5 Å². The standard InChI is InChI=1S/C15H20N4O2S/c1-21-10-14-18-17-13-5-4-11(6-7-19(13)14)16-15(20)9-12-3-2-8-22-12/h2-3,8,11H,4-7,9-10H2,1H3,(H,16,20). The molecular formula is C15H20N4O2S. The van der Waals surface area contributed by atoms with Gasteiger partial charge in [-0.3, -0.25) is 4.79 Å². The highest BCUT2D eigenvalue weighted by molar-refractivity contribution is 7.10. The van der Waals surface area contributed by atoms with Gasteiger partial charge >= 0.3 is 0 Å². The fourth-order valence-corrected chi connectivity index (χ4v) is 3.48. The van der Waals surface area contributed by atoms with Crippen LogP contribution >= 0.6 is 11.3 Å². The minimum Gasteiger partial charge on any atom is -0.377 e. The van der Waals surface area contributed by atoms with Crippen LogP contribution in [0.5, 0.6) is 0 Å². The number of amides is 1. The molecule has 0 aliphatic carbocycles. The molecule has 7 heteroatoms. The van der Waals surface area contributed by atoms with Crippen LogP contribution in [0.1, 0.15) is 29.4 Å². The first-order chi connectivity index (χ1) is 10.8. The monoisotopic (exact) mass is 320 g/mol. The van der Waals surface area contributed by atoms with E-state index in [1.165, 1.54) is 0 Å². The molecule has 1 aliphatic rings. The van der Waals surface area contributed by atoms with E-state index in [-0.39, 0.29) is 11.9 Å². The number of aryl methyl sites for hydroxylation is 1. The van der Waals surface area contributed by atoms with Crippen LogP contribution < -0.4 is 5.32 Å². The second-order valence-corrected chi connectivity index (χ2v) is 6.50. The summed E-state index contributed by atoms with van der Waals surface area (Å²) in [4.78, 5) is 13.2. The second kappa shape index (κ2) is 7.02. The summed E-state index contributed by atoms with van der Waals surface area (Å²) in [6, 6.07) is 4.17. The van der Waals surface area contributed by atoms with E-state index in [0.29, 0.717) is 13.0 Å². The van der Waals surface area contributed by atoms with Gasteiger partial charge in [-0.1, -0.05) is 6.07 Å². The molecule has 0 spiro atoms. The van der Waals surface area contributed by atoms with E-state index in [9.17, 15) is 4.79 Å². The Morgan fingerprint density at radius 3 is 3.18 bits per heavy atom. The molecule has 118 valence electrons. The van der Waals surface area contributed by atoms with Gasteiger partial charge < -0.3 is 14.6 Å². The number of carbonyl (C=O) groups is 1. The third-order valence-corrected chi connectivity index (χ3v) is 4.75. The third-order valence-electron chi connectivity index (χ3n) is 3.88. The normalized spacial score (nSPS) is 17.8. The van der Waals surface area contributed by atoms with Crippen LogP contribution in [0.4, 0.5) is 0 Å². The highest BCUT2D eigenvalue weighted by Gasteiger charge is 2.21. The van der Waals surface area contributed by atoms with Crippen molar-refractivity contribution >= 4 is 17.2 Å². The quantitative estimate of drug-likeness (QED) is 0.907. The predicted molar refractivity (Wildman–Crippen MR) is 83.6 cm³/mol. The molecule has 3 rings (SSSR count). The second-order valence-electron chi connectivity index (χ2n) is 5.47. The molecule has 0 radical (unpaired) electrons. The molecule has 1 aliphatic heterocycles. The number of rotatable bonds is 5. The van der Waals surface area contributed by atoms with Gasteiger partial charge in [0.05, 0.1) is 6.42 Å². The molecule has 1 unspecified atom stereocenters. The summed E-state index contributed by atoms with van der Waals surface area (Å²) in [5, 5.41) is 13.5. The van der Waals surface area contributed by atoms with Crippen LogP contribution in [0.3, 0.4) is 0 Å². The van der Waals surface area contributed by atoms with Crippen molar-refractivity contribution in [1.82, 2.24) is 20.1 Å². The van der Waals surface area contributed by atoms with E-state index in [1.807, 2.05) is 17.5 Å². The molecule has 2 aromatic rings. The molecule has 0 aromatic carbocycles. The van der Waals surface area contributed by atoms with Crippen LogP contribution in [-0.2, 0) is 35.5 Å². The summed E-state index contributed by atoms with van der Waals surface area (Å²) < 4.78 is 7.27.